The highest BCUT2D eigenvalue weighted by molar-refractivity contribution is 5.94. The molecule has 31 heavy (non-hydrogen) atoms. The average molecular weight is 419 g/mol. The van der Waals surface area contributed by atoms with Gasteiger partial charge in [0.2, 0.25) is 5.88 Å². The Morgan fingerprint density at radius 3 is 2.94 bits per heavy atom. The third kappa shape index (κ3) is 3.32. The van der Waals surface area contributed by atoms with E-state index in [0.717, 1.165) is 66.3 Å². The Balaban J connectivity index is 1.37. The van der Waals surface area contributed by atoms with Gasteiger partial charge in [0.15, 0.2) is 11.4 Å². The summed E-state index contributed by atoms with van der Waals surface area (Å²) in [5.74, 6) is 1.30. The van der Waals surface area contributed by atoms with Crippen LogP contribution in [0.4, 0.5) is 5.69 Å². The van der Waals surface area contributed by atoms with Crippen molar-refractivity contribution in [3.63, 3.8) is 0 Å². The van der Waals surface area contributed by atoms with Crippen LogP contribution in [0, 0.1) is 0 Å². The minimum absolute atomic E-state index is 0.136. The Kier molecular flexibility index (Phi) is 4.36. The van der Waals surface area contributed by atoms with E-state index in [1.54, 1.807) is 10.7 Å². The second kappa shape index (κ2) is 7.25. The summed E-state index contributed by atoms with van der Waals surface area (Å²) in [7, 11) is 0. The third-order valence-electron chi connectivity index (χ3n) is 6.13. The van der Waals surface area contributed by atoms with Crippen molar-refractivity contribution in [1.82, 2.24) is 14.6 Å². The highest BCUT2D eigenvalue weighted by Crippen LogP contribution is 2.35. The molecule has 1 saturated heterocycles. The average Bonchev–Trinajstić information content (AvgIpc) is 3.36. The van der Waals surface area contributed by atoms with E-state index in [4.69, 9.17) is 19.6 Å². The Morgan fingerprint density at radius 2 is 2.10 bits per heavy atom. The van der Waals surface area contributed by atoms with Gasteiger partial charge in [-0.25, -0.2) is 9.50 Å². The third-order valence-corrected chi connectivity index (χ3v) is 6.13. The lowest BCUT2D eigenvalue weighted by Crippen LogP contribution is -2.43. The molecule has 6 rings (SSSR count). The molecule has 0 spiro atoms. The number of furan rings is 1. The molecule has 3 aromatic heterocycles. The van der Waals surface area contributed by atoms with Gasteiger partial charge in [-0.15, -0.1) is 5.10 Å². The van der Waals surface area contributed by atoms with Crippen molar-refractivity contribution in [3.05, 3.63) is 42.6 Å². The fourth-order valence-corrected chi connectivity index (χ4v) is 4.45. The first-order chi connectivity index (χ1) is 15.1. The Morgan fingerprint density at radius 1 is 1.19 bits per heavy atom. The van der Waals surface area contributed by atoms with Crippen LogP contribution in [0.25, 0.3) is 28.1 Å². The number of nitrogens with zero attached hydrogens (tertiary/aromatic N) is 4. The van der Waals surface area contributed by atoms with Crippen LogP contribution in [-0.4, -0.2) is 52.5 Å². The van der Waals surface area contributed by atoms with Gasteiger partial charge in [0.25, 0.3) is 0 Å². The molecule has 1 aromatic carbocycles. The van der Waals surface area contributed by atoms with E-state index in [2.05, 4.69) is 34.0 Å². The second-order valence-corrected chi connectivity index (χ2v) is 8.48. The summed E-state index contributed by atoms with van der Waals surface area (Å²) in [6, 6.07) is 12.2. The van der Waals surface area contributed by atoms with Gasteiger partial charge in [0, 0.05) is 36.3 Å². The lowest BCUT2D eigenvalue weighted by molar-refractivity contribution is 0.0533. The zero-order chi connectivity index (χ0) is 20.9. The molecule has 0 radical (unpaired) electrons. The molecular weight excluding hydrogens is 394 g/mol. The maximum Gasteiger partial charge on any atom is 0.232 e. The van der Waals surface area contributed by atoms with E-state index in [1.165, 1.54) is 0 Å². The predicted octanol–water partition coefficient (Wildman–Crippen LogP) is 3.24. The van der Waals surface area contributed by atoms with E-state index in [-0.39, 0.29) is 18.2 Å². The fraction of sp³-hybridized carbons (Fsp3) is 0.391. The van der Waals surface area contributed by atoms with Crippen LogP contribution in [-0.2, 0) is 4.74 Å². The zero-order valence-electron chi connectivity index (χ0n) is 17.4. The highest BCUT2D eigenvalue weighted by Gasteiger charge is 2.28. The van der Waals surface area contributed by atoms with Crippen molar-refractivity contribution >= 4 is 22.3 Å². The Labute approximate surface area is 179 Å². The maximum atomic E-state index is 6.23. The number of hydrogen-bond acceptors (Lipinski definition) is 7. The lowest BCUT2D eigenvalue weighted by Gasteiger charge is -2.33. The number of rotatable bonds is 4. The summed E-state index contributed by atoms with van der Waals surface area (Å²) in [6.45, 7) is 4.57. The standard InChI is InChI=1S/C23H25N5O3/c1-14-13-27(7-8-29-14)18-3-2-4-20-17(18)11-21(31-20)19-12-25-22-5-6-23(26-28(19)22)30-16-9-15(24)10-16/h2-6,11-12,14-16H,7-10,13,24H2,1H3/t14-,15-,16-/m0/s1. The summed E-state index contributed by atoms with van der Waals surface area (Å²) in [6.07, 6.45) is 3.87. The van der Waals surface area contributed by atoms with E-state index in [9.17, 15) is 0 Å². The van der Waals surface area contributed by atoms with Crippen molar-refractivity contribution in [2.24, 2.45) is 5.73 Å². The normalized spacial score (nSPS) is 23.9. The van der Waals surface area contributed by atoms with Crippen LogP contribution in [0.3, 0.4) is 0 Å². The van der Waals surface area contributed by atoms with Crippen LogP contribution in [0.15, 0.2) is 47.0 Å². The lowest BCUT2D eigenvalue weighted by atomic mass is 9.90. The Hall–Kier alpha value is -3.10. The largest absolute Gasteiger partial charge is 0.473 e. The molecular formula is C23H25N5O3. The van der Waals surface area contributed by atoms with Crippen molar-refractivity contribution in [2.45, 2.75) is 38.0 Å². The number of morpholine rings is 1. The molecule has 1 saturated carbocycles. The molecule has 2 aliphatic rings. The molecule has 1 aliphatic heterocycles. The van der Waals surface area contributed by atoms with E-state index >= 15 is 0 Å². The number of nitrogens with two attached hydrogens (primary N) is 1. The van der Waals surface area contributed by atoms with Gasteiger partial charge in [0.1, 0.15) is 17.4 Å². The first kappa shape index (κ1) is 18.7. The molecule has 2 N–H and O–H groups in total. The molecule has 4 aromatic rings. The van der Waals surface area contributed by atoms with Crippen molar-refractivity contribution < 1.29 is 13.9 Å². The fourth-order valence-electron chi connectivity index (χ4n) is 4.45. The molecule has 1 aliphatic carbocycles. The predicted molar refractivity (Wildman–Crippen MR) is 117 cm³/mol. The molecule has 160 valence electrons. The summed E-state index contributed by atoms with van der Waals surface area (Å²) in [5.41, 5.74) is 9.42. The summed E-state index contributed by atoms with van der Waals surface area (Å²) < 4.78 is 19.7. The molecule has 8 heteroatoms. The van der Waals surface area contributed by atoms with Crippen molar-refractivity contribution in [1.29, 1.82) is 0 Å². The number of fused-ring (bicyclic) bond motifs is 2. The topological polar surface area (TPSA) is 91.0 Å². The van der Waals surface area contributed by atoms with Crippen LogP contribution >= 0.6 is 0 Å². The van der Waals surface area contributed by atoms with Gasteiger partial charge in [-0.2, -0.15) is 0 Å². The first-order valence-electron chi connectivity index (χ1n) is 10.8. The van der Waals surface area contributed by atoms with Gasteiger partial charge in [-0.1, -0.05) is 6.07 Å². The van der Waals surface area contributed by atoms with Crippen molar-refractivity contribution in [2.75, 3.05) is 24.6 Å². The number of imidazole rings is 1. The SMILES string of the molecule is C[C@H]1CN(c2cccc3oc(-c4cnc5ccc(O[C@H]6C[C@H](N)C6)nn45)cc23)CCO1. The summed E-state index contributed by atoms with van der Waals surface area (Å²) in [4.78, 5) is 6.85. The number of aromatic nitrogens is 3. The van der Waals surface area contributed by atoms with E-state index in [0.29, 0.717) is 5.88 Å². The number of ether oxygens (including phenoxy) is 2. The number of hydrogen-bond donors (Lipinski definition) is 1. The van der Waals surface area contributed by atoms with Gasteiger partial charge >= 0.3 is 0 Å². The van der Waals surface area contributed by atoms with Gasteiger partial charge in [0.05, 0.1) is 18.9 Å². The molecule has 4 heterocycles. The number of anilines is 1. The van der Waals surface area contributed by atoms with Crippen LogP contribution in [0.1, 0.15) is 19.8 Å². The molecule has 0 amide bonds. The monoisotopic (exact) mass is 419 g/mol. The zero-order valence-corrected chi connectivity index (χ0v) is 17.4. The van der Waals surface area contributed by atoms with Crippen molar-refractivity contribution in [3.8, 4) is 17.3 Å². The minimum atomic E-state index is 0.136. The van der Waals surface area contributed by atoms with Gasteiger partial charge in [-0.05, 0) is 44.0 Å². The highest BCUT2D eigenvalue weighted by atomic mass is 16.5. The first-order valence-corrected chi connectivity index (χ1v) is 10.8. The van der Waals surface area contributed by atoms with Crippen LogP contribution < -0.4 is 15.4 Å². The Bertz CT molecular complexity index is 1240. The molecule has 0 bridgehead atoms. The molecule has 1 atom stereocenters. The second-order valence-electron chi connectivity index (χ2n) is 8.48. The quantitative estimate of drug-likeness (QED) is 0.543. The summed E-state index contributed by atoms with van der Waals surface area (Å²) in [5, 5.41) is 5.74. The molecule has 8 nitrogen and oxygen atoms in total. The maximum absolute atomic E-state index is 6.23. The number of benzene rings is 1. The molecule has 2 fully saturated rings. The smallest absolute Gasteiger partial charge is 0.232 e. The molecule has 0 unspecified atom stereocenters. The van der Waals surface area contributed by atoms with Gasteiger partial charge in [-0.3, -0.25) is 0 Å². The minimum Gasteiger partial charge on any atom is -0.473 e. The van der Waals surface area contributed by atoms with Crippen LogP contribution in [0.2, 0.25) is 0 Å². The van der Waals surface area contributed by atoms with E-state index in [1.807, 2.05) is 24.3 Å². The van der Waals surface area contributed by atoms with Gasteiger partial charge < -0.3 is 24.5 Å². The van der Waals surface area contributed by atoms with E-state index < -0.39 is 0 Å². The summed E-state index contributed by atoms with van der Waals surface area (Å²) >= 11 is 0. The van der Waals surface area contributed by atoms with Crippen LogP contribution in [0.5, 0.6) is 5.88 Å².